The van der Waals surface area contributed by atoms with Gasteiger partial charge < -0.3 is 14.2 Å². The maximum Gasteiger partial charge on any atom is 0.573 e. The minimum atomic E-state index is -5.03. The molecule has 0 aliphatic rings. The van der Waals surface area contributed by atoms with E-state index in [-0.39, 0.29) is 0 Å². The minimum Gasteiger partial charge on any atom is -0.479 e. The molecule has 9 heteroatoms. The van der Waals surface area contributed by atoms with Gasteiger partial charge in [-0.05, 0) is 0 Å². The van der Waals surface area contributed by atoms with Crippen molar-refractivity contribution in [3.05, 3.63) is 17.6 Å². The van der Waals surface area contributed by atoms with E-state index in [1.807, 2.05) is 0 Å². The number of hydrogen-bond acceptors (Lipinski definition) is 5. The van der Waals surface area contributed by atoms with E-state index in [1.165, 1.54) is 0 Å². The molecule has 0 aliphatic carbocycles. The van der Waals surface area contributed by atoms with E-state index < -0.39 is 41.8 Å². The van der Waals surface area contributed by atoms with Crippen LogP contribution in [0.4, 0.5) is 17.6 Å². The van der Waals surface area contributed by atoms with E-state index in [2.05, 4.69) is 19.2 Å². The first-order chi connectivity index (χ1) is 8.78. The molecule has 5 nitrogen and oxygen atoms in total. The lowest BCUT2D eigenvalue weighted by Crippen LogP contribution is -2.20. The van der Waals surface area contributed by atoms with Gasteiger partial charge in [0.2, 0.25) is 0 Å². The molecule has 0 radical (unpaired) electrons. The molecule has 0 fully saturated rings. The van der Waals surface area contributed by atoms with Crippen LogP contribution in [0.25, 0.3) is 0 Å². The van der Waals surface area contributed by atoms with Gasteiger partial charge in [0, 0.05) is 5.56 Å². The summed E-state index contributed by atoms with van der Waals surface area (Å²) < 4.78 is 62.5. The molecule has 19 heavy (non-hydrogen) atoms. The lowest BCUT2D eigenvalue weighted by Gasteiger charge is -2.14. The molecule has 0 atom stereocenters. The average Bonchev–Trinajstić information content (AvgIpc) is 2.32. The molecule has 0 aliphatic heterocycles. The summed E-state index contributed by atoms with van der Waals surface area (Å²) >= 11 is 0. The Hall–Kier alpha value is -2.06. The number of pyridine rings is 1. The quantitative estimate of drug-likeness (QED) is 0.623. The number of aromatic nitrogens is 1. The summed E-state index contributed by atoms with van der Waals surface area (Å²) in [5.74, 6) is -3.61. The van der Waals surface area contributed by atoms with Gasteiger partial charge in [0.15, 0.2) is 11.6 Å². The van der Waals surface area contributed by atoms with Gasteiger partial charge in [0.1, 0.15) is 0 Å². The lowest BCUT2D eigenvalue weighted by atomic mass is 10.1. The van der Waals surface area contributed by atoms with Crippen molar-refractivity contribution in [2.75, 3.05) is 14.2 Å². The molecule has 0 spiro atoms. The second kappa shape index (κ2) is 5.72. The third kappa shape index (κ3) is 3.97. The van der Waals surface area contributed by atoms with Gasteiger partial charge in [-0.15, -0.1) is 13.2 Å². The predicted octanol–water partition coefficient (Wildman–Crippen LogP) is 1.84. The number of rotatable bonds is 4. The minimum absolute atomic E-state index is 0.548. The molecule has 106 valence electrons. The zero-order valence-corrected chi connectivity index (χ0v) is 9.88. The number of halogens is 4. The zero-order valence-electron chi connectivity index (χ0n) is 9.88. The summed E-state index contributed by atoms with van der Waals surface area (Å²) in [6, 6.07) is 0. The van der Waals surface area contributed by atoms with Crippen LogP contribution in [0.1, 0.15) is 5.56 Å². The number of esters is 1. The maximum atomic E-state index is 13.8. The molecule has 1 aromatic rings. The summed E-state index contributed by atoms with van der Waals surface area (Å²) in [5, 5.41) is 0. The highest BCUT2D eigenvalue weighted by atomic mass is 19.4. The van der Waals surface area contributed by atoms with Crippen LogP contribution in [0.2, 0.25) is 0 Å². The molecule has 1 aromatic heterocycles. The first kappa shape index (κ1) is 15.0. The Balaban J connectivity index is 3.22. The Morgan fingerprint density at radius 3 is 2.47 bits per heavy atom. The summed E-state index contributed by atoms with van der Waals surface area (Å²) in [6.45, 7) is 0. The van der Waals surface area contributed by atoms with Crippen molar-refractivity contribution < 1.29 is 36.6 Å². The molecular weight excluding hydrogens is 274 g/mol. The lowest BCUT2D eigenvalue weighted by molar-refractivity contribution is -0.275. The SMILES string of the molecule is COC(=O)Cc1c(OC(F)(F)F)cnc(OC)c1F. The van der Waals surface area contributed by atoms with Crippen molar-refractivity contribution in [1.29, 1.82) is 0 Å². The van der Waals surface area contributed by atoms with Crippen LogP contribution < -0.4 is 9.47 Å². The van der Waals surface area contributed by atoms with Gasteiger partial charge in [-0.25, -0.2) is 9.37 Å². The van der Waals surface area contributed by atoms with Crippen molar-refractivity contribution in [3.63, 3.8) is 0 Å². The van der Waals surface area contributed by atoms with E-state index in [1.54, 1.807) is 0 Å². The predicted molar refractivity (Wildman–Crippen MR) is 53.2 cm³/mol. The number of ether oxygens (including phenoxy) is 3. The van der Waals surface area contributed by atoms with Gasteiger partial charge in [-0.3, -0.25) is 4.79 Å². The van der Waals surface area contributed by atoms with Gasteiger partial charge >= 0.3 is 12.3 Å². The first-order valence-electron chi connectivity index (χ1n) is 4.82. The Labute approximate surface area is 105 Å². The molecule has 1 heterocycles. The fourth-order valence-corrected chi connectivity index (χ4v) is 1.23. The Morgan fingerprint density at radius 1 is 1.37 bits per heavy atom. The molecule has 0 bridgehead atoms. The van der Waals surface area contributed by atoms with Gasteiger partial charge in [0.05, 0.1) is 26.8 Å². The van der Waals surface area contributed by atoms with E-state index in [0.29, 0.717) is 6.20 Å². The van der Waals surface area contributed by atoms with E-state index in [4.69, 9.17) is 0 Å². The second-order valence-electron chi connectivity index (χ2n) is 3.22. The largest absolute Gasteiger partial charge is 0.573 e. The highest BCUT2D eigenvalue weighted by molar-refractivity contribution is 5.73. The number of methoxy groups -OCH3 is 2. The smallest absolute Gasteiger partial charge is 0.479 e. The molecule has 1 rings (SSSR count). The van der Waals surface area contributed by atoms with Crippen LogP contribution >= 0.6 is 0 Å². The molecule has 0 unspecified atom stereocenters. The van der Waals surface area contributed by atoms with Crippen LogP contribution in [-0.2, 0) is 16.0 Å². The second-order valence-corrected chi connectivity index (χ2v) is 3.22. The first-order valence-corrected chi connectivity index (χ1v) is 4.82. The summed E-state index contributed by atoms with van der Waals surface area (Å²) in [7, 11) is 2.10. The average molecular weight is 283 g/mol. The standard InChI is InChI=1S/C10H9F4NO4/c1-17-7(16)3-5-6(19-10(12,13)14)4-15-9(18-2)8(5)11/h4H,3H2,1-2H3. The van der Waals surface area contributed by atoms with Crippen molar-refractivity contribution in [3.8, 4) is 11.6 Å². The molecule has 0 aromatic carbocycles. The number of carbonyl (C=O) groups is 1. The Bertz CT molecular complexity index is 475. The van der Waals surface area contributed by atoms with Crippen LogP contribution in [0.3, 0.4) is 0 Å². The number of nitrogens with zero attached hydrogens (tertiary/aromatic N) is 1. The van der Waals surface area contributed by atoms with Crippen LogP contribution in [0, 0.1) is 5.82 Å². The third-order valence-electron chi connectivity index (χ3n) is 2.02. The van der Waals surface area contributed by atoms with Gasteiger partial charge in [0.25, 0.3) is 5.88 Å². The number of hydrogen-bond donors (Lipinski definition) is 0. The van der Waals surface area contributed by atoms with Crippen molar-refractivity contribution in [2.45, 2.75) is 12.8 Å². The maximum absolute atomic E-state index is 13.8. The molecular formula is C10H9F4NO4. The van der Waals surface area contributed by atoms with E-state index >= 15 is 0 Å². The molecule has 0 amide bonds. The summed E-state index contributed by atoms with van der Waals surface area (Å²) in [5.41, 5.74) is -0.643. The Kier molecular flexibility index (Phi) is 4.52. The number of alkyl halides is 3. The highest BCUT2D eigenvalue weighted by Gasteiger charge is 2.34. The summed E-state index contributed by atoms with van der Waals surface area (Å²) in [4.78, 5) is 14.4. The van der Waals surface area contributed by atoms with Gasteiger partial charge in [-0.1, -0.05) is 0 Å². The fourth-order valence-electron chi connectivity index (χ4n) is 1.23. The molecule has 0 N–H and O–H groups in total. The number of carbonyl (C=O) groups excluding carboxylic acids is 1. The Morgan fingerprint density at radius 2 is 2.00 bits per heavy atom. The fraction of sp³-hybridized carbons (Fsp3) is 0.400. The van der Waals surface area contributed by atoms with E-state index in [0.717, 1.165) is 14.2 Å². The van der Waals surface area contributed by atoms with Crippen molar-refractivity contribution in [1.82, 2.24) is 4.98 Å². The zero-order chi connectivity index (χ0) is 14.6. The van der Waals surface area contributed by atoms with Gasteiger partial charge in [-0.2, -0.15) is 0 Å². The van der Waals surface area contributed by atoms with Crippen LogP contribution in [0.5, 0.6) is 11.6 Å². The van der Waals surface area contributed by atoms with E-state index in [9.17, 15) is 22.4 Å². The molecule has 0 saturated carbocycles. The van der Waals surface area contributed by atoms with Crippen LogP contribution in [0.15, 0.2) is 6.20 Å². The topological polar surface area (TPSA) is 57.7 Å². The van der Waals surface area contributed by atoms with Crippen molar-refractivity contribution >= 4 is 5.97 Å². The summed E-state index contributed by atoms with van der Waals surface area (Å²) in [6.07, 6.45) is -5.16. The van der Waals surface area contributed by atoms with Crippen LogP contribution in [-0.4, -0.2) is 31.5 Å². The monoisotopic (exact) mass is 283 g/mol. The highest BCUT2D eigenvalue weighted by Crippen LogP contribution is 2.31. The third-order valence-corrected chi connectivity index (χ3v) is 2.02. The normalized spacial score (nSPS) is 11.1. The van der Waals surface area contributed by atoms with Crippen molar-refractivity contribution in [2.24, 2.45) is 0 Å². The molecule has 0 saturated heterocycles.